The number of methoxy groups -OCH3 is 1. The molecule has 0 fully saturated rings. The van der Waals surface area contributed by atoms with Crippen molar-refractivity contribution in [3.8, 4) is 16.9 Å². The third-order valence-electron chi connectivity index (χ3n) is 5.59. The van der Waals surface area contributed by atoms with Crippen LogP contribution in [0.15, 0.2) is 59.5 Å². The van der Waals surface area contributed by atoms with Crippen LogP contribution in [0.25, 0.3) is 21.3 Å². The number of ether oxygens (including phenoxy) is 1. The van der Waals surface area contributed by atoms with E-state index in [-0.39, 0.29) is 26.5 Å². The largest absolute Gasteiger partial charge is 0.497 e. The van der Waals surface area contributed by atoms with Gasteiger partial charge in [0.25, 0.3) is 10.0 Å². The number of nitrogens with zero attached hydrogens (tertiary/aromatic N) is 2. The molecule has 0 saturated carbocycles. The molecule has 0 atom stereocenters. The lowest BCUT2D eigenvalue weighted by atomic mass is 9.97. The summed E-state index contributed by atoms with van der Waals surface area (Å²) in [5.41, 5.74) is 1.12. The summed E-state index contributed by atoms with van der Waals surface area (Å²) in [4.78, 5) is 21.9. The summed E-state index contributed by atoms with van der Waals surface area (Å²) in [6, 6.07) is 13.1. The van der Waals surface area contributed by atoms with E-state index >= 15 is 0 Å². The van der Waals surface area contributed by atoms with E-state index in [1.807, 2.05) is 13.8 Å². The first-order chi connectivity index (χ1) is 18.2. The molecule has 2 aromatic heterocycles. The molecule has 13 heteroatoms. The van der Waals surface area contributed by atoms with Crippen LogP contribution in [-0.2, 0) is 19.7 Å². The number of pyridine rings is 1. The quantitative estimate of drug-likeness (QED) is 0.208. The second kappa shape index (κ2) is 10.7. The Bertz CT molecular complexity index is 1670. The molecule has 0 aliphatic carbocycles. The molecule has 39 heavy (non-hydrogen) atoms. The molecule has 0 saturated heterocycles. The number of aryl methyl sites for hydroxylation is 1. The van der Waals surface area contributed by atoms with Crippen molar-refractivity contribution in [2.24, 2.45) is 0 Å². The van der Waals surface area contributed by atoms with Crippen LogP contribution in [0.5, 0.6) is 5.75 Å². The Labute approximate surface area is 231 Å². The molecular weight excluding hydrogens is 577 g/mol. The Kier molecular flexibility index (Phi) is 7.84. The van der Waals surface area contributed by atoms with Gasteiger partial charge in [-0.2, -0.15) is 21.6 Å². The molecule has 0 aliphatic heterocycles. The number of alkyl halides is 3. The summed E-state index contributed by atoms with van der Waals surface area (Å²) in [6.07, 6.45) is -5.48. The van der Waals surface area contributed by atoms with Gasteiger partial charge in [0.15, 0.2) is 0 Å². The molecule has 0 aliphatic rings. The van der Waals surface area contributed by atoms with Crippen molar-refractivity contribution in [3.05, 3.63) is 70.2 Å². The highest BCUT2D eigenvalue weighted by molar-refractivity contribution is 7.92. The number of aromatic nitrogens is 1. The molecule has 2 heterocycles. The van der Waals surface area contributed by atoms with Gasteiger partial charge in [-0.15, -0.1) is 11.3 Å². The number of hydrogen-bond acceptors (Lipinski definition) is 7. The van der Waals surface area contributed by atoms with Crippen molar-refractivity contribution in [3.63, 3.8) is 0 Å². The lowest BCUT2D eigenvalue weighted by Crippen LogP contribution is -2.39. The SMILES string of the molecule is COc1cccc(-c2c(C(C)C)sc3nc(C)cc(N(OC(=O)C(F)(F)F)S(=O)(=O)c4cccc(Cl)c4)c23)c1. The molecule has 0 amide bonds. The lowest BCUT2D eigenvalue weighted by Gasteiger charge is -2.24. The number of thiophene rings is 1. The maximum absolute atomic E-state index is 13.8. The number of carbonyl (C=O) groups is 1. The van der Waals surface area contributed by atoms with Crippen LogP contribution in [0, 0.1) is 6.92 Å². The normalized spacial score (nSPS) is 12.1. The summed E-state index contributed by atoms with van der Waals surface area (Å²) < 4.78 is 73.0. The van der Waals surface area contributed by atoms with Crippen molar-refractivity contribution >= 4 is 54.8 Å². The summed E-state index contributed by atoms with van der Waals surface area (Å²) >= 11 is 7.24. The van der Waals surface area contributed by atoms with Gasteiger partial charge in [0.05, 0.1) is 12.0 Å². The van der Waals surface area contributed by atoms with E-state index in [1.165, 1.54) is 36.6 Å². The number of fused-ring (bicyclic) bond motifs is 1. The van der Waals surface area contributed by atoms with E-state index in [0.29, 0.717) is 27.4 Å². The first-order valence-electron chi connectivity index (χ1n) is 11.4. The minimum atomic E-state index is -5.48. The Morgan fingerprint density at radius 3 is 2.41 bits per heavy atom. The lowest BCUT2D eigenvalue weighted by molar-refractivity contribution is -0.199. The highest BCUT2D eigenvalue weighted by Crippen LogP contribution is 2.47. The number of sulfonamides is 1. The van der Waals surface area contributed by atoms with E-state index in [2.05, 4.69) is 9.82 Å². The van der Waals surface area contributed by atoms with Crippen molar-refractivity contribution in [1.29, 1.82) is 0 Å². The van der Waals surface area contributed by atoms with Gasteiger partial charge in [-0.05, 0) is 54.8 Å². The zero-order chi connectivity index (χ0) is 28.7. The first-order valence-corrected chi connectivity index (χ1v) is 14.1. The fraction of sp³-hybridized carbons (Fsp3) is 0.231. The van der Waals surface area contributed by atoms with Crippen molar-refractivity contribution in [2.75, 3.05) is 11.6 Å². The fourth-order valence-corrected chi connectivity index (χ4v) is 6.71. The highest BCUT2D eigenvalue weighted by Gasteiger charge is 2.45. The highest BCUT2D eigenvalue weighted by atomic mass is 35.5. The fourth-order valence-electron chi connectivity index (χ4n) is 3.91. The predicted molar refractivity (Wildman–Crippen MR) is 144 cm³/mol. The van der Waals surface area contributed by atoms with Crippen LogP contribution >= 0.6 is 22.9 Å². The minimum absolute atomic E-state index is 0.00595. The van der Waals surface area contributed by atoms with Gasteiger partial charge < -0.3 is 9.57 Å². The van der Waals surface area contributed by atoms with E-state index < -0.39 is 27.1 Å². The minimum Gasteiger partial charge on any atom is -0.497 e. The van der Waals surface area contributed by atoms with E-state index in [1.54, 1.807) is 31.2 Å². The van der Waals surface area contributed by atoms with E-state index in [9.17, 15) is 26.4 Å². The van der Waals surface area contributed by atoms with Crippen LogP contribution in [0.2, 0.25) is 5.02 Å². The maximum atomic E-state index is 13.8. The molecule has 0 unspecified atom stereocenters. The number of hydrogen-bond donors (Lipinski definition) is 0. The van der Waals surface area contributed by atoms with Gasteiger partial charge in [-0.1, -0.05) is 48.1 Å². The molecule has 0 radical (unpaired) electrons. The van der Waals surface area contributed by atoms with E-state index in [4.69, 9.17) is 16.3 Å². The second-order valence-corrected chi connectivity index (χ2v) is 12.0. The van der Waals surface area contributed by atoms with Crippen molar-refractivity contribution in [2.45, 2.75) is 37.8 Å². The number of carbonyl (C=O) groups excluding carboxylic acids is 1. The Morgan fingerprint density at radius 2 is 1.79 bits per heavy atom. The van der Waals surface area contributed by atoms with Gasteiger partial charge in [0, 0.05) is 26.5 Å². The third kappa shape index (κ3) is 5.68. The van der Waals surface area contributed by atoms with Crippen LogP contribution in [0.4, 0.5) is 18.9 Å². The molecule has 7 nitrogen and oxygen atoms in total. The molecule has 4 rings (SSSR count). The zero-order valence-electron chi connectivity index (χ0n) is 21.0. The number of halogens is 4. The standard InChI is InChI=1S/C26H22ClF3N2O5S2/c1-14(2)23-21(16-7-5-9-18(12-16)36-4)22-20(11-15(3)31-24(22)38-23)32(37-25(33)26(28,29)30)39(34,35)19-10-6-8-17(27)13-19/h5-14H,1-4H3. The molecule has 4 aromatic rings. The van der Waals surface area contributed by atoms with Crippen molar-refractivity contribution in [1.82, 2.24) is 4.98 Å². The summed E-state index contributed by atoms with van der Waals surface area (Å²) in [7, 11) is -3.42. The van der Waals surface area contributed by atoms with E-state index in [0.717, 1.165) is 17.0 Å². The number of rotatable bonds is 7. The molecule has 206 valence electrons. The maximum Gasteiger partial charge on any atom is 0.493 e. The summed E-state index contributed by atoms with van der Waals surface area (Å²) in [5.74, 6) is -2.28. The molecular formula is C26H22ClF3N2O5S2. The van der Waals surface area contributed by atoms with Gasteiger partial charge in [-0.3, -0.25) is 0 Å². The van der Waals surface area contributed by atoms with Crippen LogP contribution in [-0.4, -0.2) is 32.7 Å². The van der Waals surface area contributed by atoms with Gasteiger partial charge in [-0.25, -0.2) is 9.78 Å². The molecule has 0 N–H and O–H groups in total. The zero-order valence-corrected chi connectivity index (χ0v) is 23.4. The molecule has 2 aromatic carbocycles. The first kappa shape index (κ1) is 28.7. The summed E-state index contributed by atoms with van der Waals surface area (Å²) in [6.45, 7) is 5.40. The third-order valence-corrected chi connectivity index (χ3v) is 8.76. The molecule has 0 bridgehead atoms. The van der Waals surface area contributed by atoms with Gasteiger partial charge >= 0.3 is 12.1 Å². The predicted octanol–water partition coefficient (Wildman–Crippen LogP) is 7.27. The number of benzene rings is 2. The van der Waals surface area contributed by atoms with Crippen LogP contribution < -0.4 is 9.21 Å². The smallest absolute Gasteiger partial charge is 0.493 e. The summed E-state index contributed by atoms with van der Waals surface area (Å²) in [5, 5.41) is 0.215. The Balaban J connectivity index is 2.11. The monoisotopic (exact) mass is 598 g/mol. The Morgan fingerprint density at radius 1 is 1.10 bits per heavy atom. The average molecular weight is 599 g/mol. The van der Waals surface area contributed by atoms with Crippen LogP contribution in [0.3, 0.4) is 0 Å². The van der Waals surface area contributed by atoms with Gasteiger partial charge in [0.1, 0.15) is 16.3 Å². The topological polar surface area (TPSA) is 85.8 Å². The molecule has 0 spiro atoms. The van der Waals surface area contributed by atoms with Gasteiger partial charge in [0.2, 0.25) is 0 Å². The second-order valence-electron chi connectivity index (χ2n) is 8.76. The average Bonchev–Trinajstić information content (AvgIpc) is 3.26. The Hall–Kier alpha value is -3.35. The van der Waals surface area contributed by atoms with Crippen LogP contribution in [0.1, 0.15) is 30.3 Å². The number of anilines is 1. The van der Waals surface area contributed by atoms with Crippen molar-refractivity contribution < 1.29 is 36.0 Å².